The first-order valence-corrected chi connectivity index (χ1v) is 12.0. The van der Waals surface area contributed by atoms with E-state index in [1.54, 1.807) is 24.3 Å². The molecule has 3 nitrogen and oxygen atoms in total. The Hall–Kier alpha value is -3.17. The Labute approximate surface area is 180 Å². The van der Waals surface area contributed by atoms with Gasteiger partial charge in [0.25, 0.3) is 0 Å². The molecule has 0 spiro atoms. The minimum atomic E-state index is -2.26. The summed E-state index contributed by atoms with van der Waals surface area (Å²) in [5.74, 6) is 0. The molecule has 0 radical (unpaired) electrons. The maximum absolute atomic E-state index is 13.4. The van der Waals surface area contributed by atoms with Crippen LogP contribution in [0, 0.1) is 11.3 Å². The van der Waals surface area contributed by atoms with Crippen molar-refractivity contribution in [2.45, 2.75) is 19.6 Å². The van der Waals surface area contributed by atoms with E-state index in [0.717, 1.165) is 14.7 Å². The van der Waals surface area contributed by atoms with Gasteiger partial charge in [-0.2, -0.15) is 5.26 Å². The van der Waals surface area contributed by atoms with E-state index < -0.39 is 21.4 Å². The zero-order valence-corrected chi connectivity index (χ0v) is 17.7. The average molecular weight is 430 g/mol. The van der Waals surface area contributed by atoms with Crippen molar-refractivity contribution in [3.63, 3.8) is 0 Å². The number of nitriles is 1. The highest BCUT2D eigenvalue weighted by Crippen LogP contribution is 2.69. The van der Waals surface area contributed by atoms with Gasteiger partial charge >= 0.3 is 0 Å². The number of hydrogen-bond donors (Lipinski definition) is 0. The fourth-order valence-electron chi connectivity index (χ4n) is 3.14. The molecule has 148 valence electrons. The van der Waals surface area contributed by atoms with Crippen molar-refractivity contribution >= 4 is 21.4 Å². The molecule has 0 bridgehead atoms. The molecular formula is C25H19NO2S2. The van der Waals surface area contributed by atoms with Crippen molar-refractivity contribution in [3.8, 4) is 6.07 Å². The third-order valence-corrected chi connectivity index (χ3v) is 9.34. The predicted octanol–water partition coefficient (Wildman–Crippen LogP) is 6.49. The van der Waals surface area contributed by atoms with Crippen LogP contribution in [0.5, 0.6) is 0 Å². The second kappa shape index (κ2) is 9.10. The van der Waals surface area contributed by atoms with Gasteiger partial charge in [-0.15, -0.1) is 0 Å². The average Bonchev–Trinajstić information content (AvgIpc) is 2.84. The van der Waals surface area contributed by atoms with Gasteiger partial charge in [-0.3, -0.25) is 0 Å². The summed E-state index contributed by atoms with van der Waals surface area (Å²) in [6, 6.07) is 38.6. The molecule has 1 atom stereocenters. The summed E-state index contributed by atoms with van der Waals surface area (Å²) in [6.45, 7) is 0. The van der Waals surface area contributed by atoms with Crippen molar-refractivity contribution in [2.24, 2.45) is 0 Å². The molecule has 0 saturated carbocycles. The summed E-state index contributed by atoms with van der Waals surface area (Å²) in [6.07, 6.45) is 0. The van der Waals surface area contributed by atoms with Crippen LogP contribution >= 0.6 is 10.3 Å². The van der Waals surface area contributed by atoms with E-state index in [0.29, 0.717) is 10.5 Å². The topological polar surface area (TPSA) is 50.1 Å². The van der Waals surface area contributed by atoms with Crippen LogP contribution in [-0.2, 0) is 14.7 Å². The molecule has 0 heterocycles. The third-order valence-electron chi connectivity index (χ3n) is 4.57. The molecule has 30 heavy (non-hydrogen) atoms. The fraction of sp³-hybridized carbons (Fsp3) is 0. The maximum atomic E-state index is 13.4. The van der Waals surface area contributed by atoms with Crippen molar-refractivity contribution in [3.05, 3.63) is 121 Å². The highest BCUT2D eigenvalue weighted by Gasteiger charge is 2.35. The first-order valence-electron chi connectivity index (χ1n) is 9.34. The lowest BCUT2D eigenvalue weighted by Crippen LogP contribution is -2.10. The van der Waals surface area contributed by atoms with Gasteiger partial charge in [-0.25, -0.2) is 7.84 Å². The van der Waals surface area contributed by atoms with Crippen LogP contribution in [0.15, 0.2) is 135 Å². The zero-order chi connectivity index (χ0) is 20.8. The molecule has 0 aliphatic heterocycles. The van der Waals surface area contributed by atoms with Crippen molar-refractivity contribution < 1.29 is 7.84 Å². The van der Waals surface area contributed by atoms with Crippen LogP contribution in [0.1, 0.15) is 5.56 Å². The van der Waals surface area contributed by atoms with E-state index in [2.05, 4.69) is 6.07 Å². The van der Waals surface area contributed by atoms with Gasteiger partial charge < -0.3 is 0 Å². The smallest absolute Gasteiger partial charge is 0.200 e. The lowest BCUT2D eigenvalue weighted by atomic mass is 10.2. The number of hydrogen-bond acceptors (Lipinski definition) is 3. The summed E-state index contributed by atoms with van der Waals surface area (Å²) in [7, 11) is -2.26. The Kier molecular flexibility index (Phi) is 6.10. The Morgan fingerprint density at radius 2 is 1.03 bits per heavy atom. The summed E-state index contributed by atoms with van der Waals surface area (Å²) >= 11 is -1.74. The number of nitrogens with zero attached hydrogens (tertiary/aromatic N) is 1. The van der Waals surface area contributed by atoms with E-state index in [4.69, 9.17) is 8.89 Å². The van der Waals surface area contributed by atoms with Crippen molar-refractivity contribution in [1.82, 2.24) is 0 Å². The van der Waals surface area contributed by atoms with Crippen LogP contribution in [0.2, 0.25) is 0 Å². The molecule has 1 unspecified atom stereocenters. The first-order chi connectivity index (χ1) is 14.7. The van der Waals surface area contributed by atoms with Crippen LogP contribution < -0.4 is 0 Å². The third kappa shape index (κ3) is 3.94. The van der Waals surface area contributed by atoms with Gasteiger partial charge in [0.1, 0.15) is 0 Å². The molecule has 4 aromatic carbocycles. The van der Waals surface area contributed by atoms with E-state index in [9.17, 15) is 4.21 Å². The summed E-state index contributed by atoms with van der Waals surface area (Å²) in [5.41, 5.74) is 0.517. The van der Waals surface area contributed by atoms with Gasteiger partial charge in [0.05, 0.1) is 16.5 Å². The Bertz CT molecular complexity index is 1080. The molecule has 0 fully saturated rings. The molecule has 0 aliphatic carbocycles. The Morgan fingerprint density at radius 3 is 1.40 bits per heavy atom. The monoisotopic (exact) mass is 429 g/mol. The predicted molar refractivity (Wildman–Crippen MR) is 120 cm³/mol. The van der Waals surface area contributed by atoms with Crippen LogP contribution in [0.4, 0.5) is 0 Å². The van der Waals surface area contributed by atoms with Gasteiger partial charge in [0, 0.05) is 14.7 Å². The van der Waals surface area contributed by atoms with E-state index in [1.807, 2.05) is 91.0 Å². The molecule has 4 aromatic rings. The minimum absolute atomic E-state index is 0.517. The van der Waals surface area contributed by atoms with E-state index in [-0.39, 0.29) is 0 Å². The van der Waals surface area contributed by atoms with Crippen LogP contribution in [-0.4, -0.2) is 4.21 Å². The van der Waals surface area contributed by atoms with Gasteiger partial charge in [-0.05, 0) is 71.0 Å². The normalized spacial score (nSPS) is 12.6. The molecule has 0 saturated heterocycles. The van der Waals surface area contributed by atoms with Gasteiger partial charge in [-0.1, -0.05) is 54.6 Å². The maximum Gasteiger partial charge on any atom is 0.200 e. The molecule has 0 aliphatic rings. The Morgan fingerprint density at radius 1 is 0.633 bits per heavy atom. The summed E-state index contributed by atoms with van der Waals surface area (Å²) in [4.78, 5) is 3.41. The molecule has 0 amide bonds. The summed E-state index contributed by atoms with van der Waals surface area (Å²) in [5, 5.41) is 9.05. The second-order valence-corrected chi connectivity index (χ2v) is 10.4. The van der Waals surface area contributed by atoms with Crippen LogP contribution in [0.3, 0.4) is 0 Å². The molecule has 0 aromatic heterocycles. The fourth-order valence-corrected chi connectivity index (χ4v) is 7.93. The molecule has 0 N–H and O–H groups in total. The largest absolute Gasteiger partial charge is 0.223 e. The second-order valence-electron chi connectivity index (χ2n) is 6.43. The molecule has 4 rings (SSSR count). The minimum Gasteiger partial charge on any atom is -0.223 e. The number of benzene rings is 4. The van der Waals surface area contributed by atoms with Crippen LogP contribution in [0.25, 0.3) is 0 Å². The quantitative estimate of drug-likeness (QED) is 0.352. The Balaban J connectivity index is 1.90. The first kappa shape index (κ1) is 20.1. The lowest BCUT2D eigenvalue weighted by Gasteiger charge is -2.39. The van der Waals surface area contributed by atoms with Gasteiger partial charge in [0.2, 0.25) is 0 Å². The molecular weight excluding hydrogens is 410 g/mol. The lowest BCUT2D eigenvalue weighted by molar-refractivity contribution is 0.595. The standard InChI is InChI=1S/C25H19NO2S2/c26-20-21-16-18-22(19-17-21)29(27)28-30(23-10-4-1-5-11-23,24-12-6-2-7-13-24)25-14-8-3-9-15-25/h1-19H. The highest BCUT2D eigenvalue weighted by atomic mass is 32.3. The van der Waals surface area contributed by atoms with Crippen molar-refractivity contribution in [2.75, 3.05) is 0 Å². The SMILES string of the molecule is N#Cc1ccc(S(=O)OS(c2ccccc2)(c2ccccc2)c2ccccc2)cc1. The van der Waals surface area contributed by atoms with Crippen molar-refractivity contribution in [1.29, 1.82) is 5.26 Å². The zero-order valence-electron chi connectivity index (χ0n) is 16.0. The molecule has 5 heteroatoms. The van der Waals surface area contributed by atoms with E-state index in [1.165, 1.54) is 0 Å². The highest BCUT2D eigenvalue weighted by molar-refractivity contribution is 8.32. The number of rotatable bonds is 6. The summed E-state index contributed by atoms with van der Waals surface area (Å²) < 4.78 is 19.9. The van der Waals surface area contributed by atoms with Gasteiger partial charge in [0.15, 0.2) is 11.1 Å². The van der Waals surface area contributed by atoms with E-state index >= 15 is 0 Å².